The second kappa shape index (κ2) is 5.96. The van der Waals surface area contributed by atoms with Crippen LogP contribution in [0.25, 0.3) is 5.70 Å². The van der Waals surface area contributed by atoms with E-state index in [4.69, 9.17) is 16.3 Å². The summed E-state index contributed by atoms with van der Waals surface area (Å²) >= 11 is 6.11. The lowest BCUT2D eigenvalue weighted by molar-refractivity contribution is -0.138. The number of allylic oxidation sites excluding steroid dienone is 1. The van der Waals surface area contributed by atoms with Crippen molar-refractivity contribution in [1.82, 2.24) is 5.32 Å². The molecule has 1 heterocycles. The summed E-state index contributed by atoms with van der Waals surface area (Å²) in [4.78, 5) is 15.6. The number of nitrogens with zero attached hydrogens (tertiary/aromatic N) is 1. The van der Waals surface area contributed by atoms with Crippen molar-refractivity contribution in [3.63, 3.8) is 0 Å². The Bertz CT molecular complexity index is 592. The molecule has 1 atom stereocenters. The number of carbonyl (C=O) groups is 1. The largest absolute Gasteiger partial charge is 0.479 e. The fraction of sp³-hybridized carbons (Fsp3) is 0.286. The summed E-state index contributed by atoms with van der Waals surface area (Å²) in [6.45, 7) is 3.91. The Kier molecular flexibility index (Phi) is 4.29. The quantitative estimate of drug-likeness (QED) is 0.880. The number of benzene rings is 1. The van der Waals surface area contributed by atoms with E-state index < -0.39 is 12.0 Å². The van der Waals surface area contributed by atoms with Gasteiger partial charge in [-0.05, 0) is 19.4 Å². The first kappa shape index (κ1) is 14.4. The number of carboxylic acid groups (broad SMARTS) is 1. The van der Waals surface area contributed by atoms with Gasteiger partial charge in [0.2, 0.25) is 0 Å². The summed E-state index contributed by atoms with van der Waals surface area (Å²) in [5.74, 6) is -1.04. The molecular formula is C14H15ClN2O3. The molecule has 106 valence electrons. The first-order chi connectivity index (χ1) is 9.54. The molecule has 20 heavy (non-hydrogen) atoms. The average molecular weight is 295 g/mol. The van der Waals surface area contributed by atoms with Crippen LogP contribution in [0.15, 0.2) is 34.3 Å². The molecule has 2 N–H and O–H groups in total. The van der Waals surface area contributed by atoms with Gasteiger partial charge in [-0.3, -0.25) is 0 Å². The monoisotopic (exact) mass is 294 g/mol. The van der Waals surface area contributed by atoms with Gasteiger partial charge in [0.05, 0.1) is 12.3 Å². The number of rotatable bonds is 2. The van der Waals surface area contributed by atoms with Gasteiger partial charge in [-0.2, -0.15) is 0 Å². The van der Waals surface area contributed by atoms with E-state index in [1.54, 1.807) is 26.0 Å². The Hall–Kier alpha value is -2.01. The average Bonchev–Trinajstić information content (AvgIpc) is 2.57. The molecule has 0 aromatic heterocycles. The van der Waals surface area contributed by atoms with Crippen molar-refractivity contribution in [2.45, 2.75) is 19.9 Å². The Morgan fingerprint density at radius 3 is 2.80 bits per heavy atom. The summed E-state index contributed by atoms with van der Waals surface area (Å²) in [5.41, 5.74) is 1.90. The summed E-state index contributed by atoms with van der Waals surface area (Å²) in [5, 5.41) is 12.9. The summed E-state index contributed by atoms with van der Waals surface area (Å²) in [6, 6.07) is 6.28. The summed E-state index contributed by atoms with van der Waals surface area (Å²) in [6.07, 6.45) is 0. The van der Waals surface area contributed by atoms with Gasteiger partial charge in [0.25, 0.3) is 6.02 Å². The zero-order chi connectivity index (χ0) is 14.7. The number of fused-ring (bicyclic) bond motifs is 1. The highest BCUT2D eigenvalue weighted by molar-refractivity contribution is 6.32. The van der Waals surface area contributed by atoms with Crippen LogP contribution in [0.5, 0.6) is 0 Å². The molecule has 1 aromatic rings. The topological polar surface area (TPSA) is 70.9 Å². The van der Waals surface area contributed by atoms with Crippen molar-refractivity contribution in [2.75, 3.05) is 6.61 Å². The first-order valence-corrected chi connectivity index (χ1v) is 6.58. The number of nitrogens with one attached hydrogen (secondary N) is 1. The minimum Gasteiger partial charge on any atom is -0.479 e. The molecule has 5 nitrogen and oxygen atoms in total. The van der Waals surface area contributed by atoms with Crippen molar-refractivity contribution in [1.29, 1.82) is 0 Å². The second-order valence-electron chi connectivity index (χ2n) is 4.23. The van der Waals surface area contributed by atoms with E-state index in [9.17, 15) is 9.90 Å². The molecule has 6 heteroatoms. The lowest BCUT2D eigenvalue weighted by Gasteiger charge is -2.13. The first-order valence-electron chi connectivity index (χ1n) is 6.20. The van der Waals surface area contributed by atoms with Crippen molar-refractivity contribution >= 4 is 29.3 Å². The SMILES string of the molecule is CCOC1=N[C@@H](C(=O)O)c2ccccc2/C(=C(/C)Cl)N1. The molecule has 0 fully saturated rings. The predicted octanol–water partition coefficient (Wildman–Crippen LogP) is 2.74. The molecule has 0 spiro atoms. The van der Waals surface area contributed by atoms with Crippen LogP contribution in [0.2, 0.25) is 0 Å². The Morgan fingerprint density at radius 2 is 2.20 bits per heavy atom. The zero-order valence-electron chi connectivity index (χ0n) is 11.2. The van der Waals surface area contributed by atoms with Gasteiger partial charge < -0.3 is 15.2 Å². The predicted molar refractivity (Wildman–Crippen MR) is 77.5 cm³/mol. The van der Waals surface area contributed by atoms with Crippen LogP contribution >= 0.6 is 11.6 Å². The van der Waals surface area contributed by atoms with Crippen molar-refractivity contribution in [3.8, 4) is 0 Å². The van der Waals surface area contributed by atoms with E-state index in [2.05, 4.69) is 10.3 Å². The van der Waals surface area contributed by atoms with E-state index in [1.165, 1.54) is 0 Å². The molecule has 1 aromatic carbocycles. The zero-order valence-corrected chi connectivity index (χ0v) is 11.9. The third-order valence-corrected chi connectivity index (χ3v) is 3.05. The van der Waals surface area contributed by atoms with E-state index in [1.807, 2.05) is 12.1 Å². The van der Waals surface area contributed by atoms with E-state index in [-0.39, 0.29) is 6.02 Å². The lowest BCUT2D eigenvalue weighted by atomic mass is 9.98. The van der Waals surface area contributed by atoms with Gasteiger partial charge in [-0.1, -0.05) is 35.9 Å². The van der Waals surface area contributed by atoms with Gasteiger partial charge in [-0.25, -0.2) is 9.79 Å². The number of halogens is 1. The van der Waals surface area contributed by atoms with Crippen LogP contribution < -0.4 is 5.32 Å². The maximum Gasteiger partial charge on any atom is 0.333 e. The van der Waals surface area contributed by atoms with Gasteiger partial charge in [0.15, 0.2) is 6.04 Å². The smallest absolute Gasteiger partial charge is 0.333 e. The van der Waals surface area contributed by atoms with Crippen molar-refractivity contribution < 1.29 is 14.6 Å². The van der Waals surface area contributed by atoms with Crippen LogP contribution in [-0.4, -0.2) is 23.7 Å². The lowest BCUT2D eigenvalue weighted by Crippen LogP contribution is -2.24. The number of hydrogen-bond donors (Lipinski definition) is 2. The number of amidine groups is 1. The normalized spacial score (nSPS) is 20.1. The molecule has 0 radical (unpaired) electrons. The van der Waals surface area contributed by atoms with Crippen LogP contribution in [0, 0.1) is 0 Å². The standard InChI is InChI=1S/C14H15ClN2O3/c1-3-20-14-16-11(8(2)15)9-6-4-5-7-10(9)12(17-14)13(18)19/h4-7,12H,3H2,1-2H3,(H,16,17)(H,18,19)/b11-8+/t12-/m1/s1. The number of aliphatic imine (C=N–C) groups is 1. The molecule has 0 unspecified atom stereocenters. The van der Waals surface area contributed by atoms with Crippen molar-refractivity contribution in [3.05, 3.63) is 40.4 Å². The van der Waals surface area contributed by atoms with Gasteiger partial charge in [0, 0.05) is 10.6 Å². The second-order valence-corrected chi connectivity index (χ2v) is 4.80. The molecule has 0 amide bonds. The molecule has 1 aliphatic rings. The van der Waals surface area contributed by atoms with Crippen LogP contribution in [0.1, 0.15) is 31.0 Å². The maximum absolute atomic E-state index is 11.5. The van der Waals surface area contributed by atoms with Gasteiger partial charge >= 0.3 is 5.97 Å². The number of carboxylic acids is 1. The Morgan fingerprint density at radius 1 is 1.50 bits per heavy atom. The van der Waals surface area contributed by atoms with Crippen LogP contribution in [0.3, 0.4) is 0 Å². The minimum absolute atomic E-state index is 0.158. The van der Waals surface area contributed by atoms with Crippen LogP contribution in [0.4, 0.5) is 0 Å². The molecule has 0 saturated heterocycles. The van der Waals surface area contributed by atoms with Crippen molar-refractivity contribution in [2.24, 2.45) is 4.99 Å². The van der Waals surface area contributed by atoms with Gasteiger partial charge in [-0.15, -0.1) is 0 Å². The summed E-state index contributed by atoms with van der Waals surface area (Å²) in [7, 11) is 0. The highest BCUT2D eigenvalue weighted by Gasteiger charge is 2.28. The Labute approximate surface area is 121 Å². The third kappa shape index (κ3) is 2.77. The molecule has 2 rings (SSSR count). The van der Waals surface area contributed by atoms with Gasteiger partial charge in [0.1, 0.15) is 0 Å². The minimum atomic E-state index is -1.04. The van der Waals surface area contributed by atoms with Crippen LogP contribution in [-0.2, 0) is 9.53 Å². The molecule has 1 aliphatic heterocycles. The highest BCUT2D eigenvalue weighted by atomic mass is 35.5. The fourth-order valence-electron chi connectivity index (χ4n) is 2.03. The number of ether oxygens (including phenoxy) is 1. The summed E-state index contributed by atoms with van der Waals surface area (Å²) < 4.78 is 5.34. The highest BCUT2D eigenvalue weighted by Crippen LogP contribution is 2.31. The van der Waals surface area contributed by atoms with E-state index >= 15 is 0 Å². The number of aliphatic carboxylic acids is 1. The third-order valence-electron chi connectivity index (χ3n) is 2.86. The fourth-order valence-corrected chi connectivity index (χ4v) is 2.18. The molecular weight excluding hydrogens is 280 g/mol. The van der Waals surface area contributed by atoms with E-state index in [0.29, 0.717) is 28.5 Å². The van der Waals surface area contributed by atoms with E-state index in [0.717, 1.165) is 0 Å². The number of hydrogen-bond acceptors (Lipinski definition) is 4. The molecule has 0 bridgehead atoms. The molecule has 0 saturated carbocycles. The Balaban J connectivity index is 2.63. The molecule has 0 aliphatic carbocycles. The maximum atomic E-state index is 11.5.